The molecule has 0 N–H and O–H groups in total. The van der Waals surface area contributed by atoms with Gasteiger partial charge in [0.1, 0.15) is 12.2 Å². The van der Waals surface area contributed by atoms with Gasteiger partial charge in [0.15, 0.2) is 0 Å². The number of carbonyl (C=O) groups is 1. The highest BCUT2D eigenvalue weighted by Crippen LogP contribution is 2.40. The highest BCUT2D eigenvalue weighted by atomic mass is 16.2. The number of rotatable bonds is 2. The predicted molar refractivity (Wildman–Crippen MR) is 93.2 cm³/mol. The molecule has 6 nitrogen and oxygen atoms in total. The van der Waals surface area contributed by atoms with Gasteiger partial charge < -0.3 is 4.90 Å². The molecular weight excluding hydrogens is 314 g/mol. The summed E-state index contributed by atoms with van der Waals surface area (Å²) in [6.45, 7) is 3.90. The third kappa shape index (κ3) is 2.49. The molecule has 0 spiro atoms. The third-order valence-corrected chi connectivity index (χ3v) is 5.11. The molecule has 1 aliphatic carbocycles. The van der Waals surface area contributed by atoms with Gasteiger partial charge in [-0.3, -0.25) is 9.78 Å². The Balaban J connectivity index is 1.59. The summed E-state index contributed by atoms with van der Waals surface area (Å²) in [4.78, 5) is 24.2. The molecule has 1 fully saturated rings. The van der Waals surface area contributed by atoms with Crippen molar-refractivity contribution in [1.29, 1.82) is 0 Å². The van der Waals surface area contributed by atoms with E-state index in [1.165, 1.54) is 12.8 Å². The van der Waals surface area contributed by atoms with Crippen molar-refractivity contribution in [3.63, 3.8) is 0 Å². The minimum absolute atomic E-state index is 0.0640. The van der Waals surface area contributed by atoms with E-state index in [9.17, 15) is 4.79 Å². The minimum Gasteiger partial charge on any atom is -0.329 e. The number of fused-ring (bicyclic) bond motifs is 2. The number of aryl methyl sites for hydroxylation is 1. The van der Waals surface area contributed by atoms with Crippen molar-refractivity contribution < 1.29 is 4.79 Å². The van der Waals surface area contributed by atoms with E-state index in [4.69, 9.17) is 4.98 Å². The fraction of sp³-hybridized carbons (Fsp3) is 0.368. The van der Waals surface area contributed by atoms with Gasteiger partial charge >= 0.3 is 0 Å². The molecule has 126 valence electrons. The van der Waals surface area contributed by atoms with Gasteiger partial charge in [0, 0.05) is 23.5 Å². The molecule has 1 amide bonds. The molecule has 25 heavy (non-hydrogen) atoms. The highest BCUT2D eigenvalue weighted by Gasteiger charge is 2.29. The zero-order chi connectivity index (χ0) is 17.0. The number of benzene rings is 1. The van der Waals surface area contributed by atoms with Crippen molar-refractivity contribution in [3.05, 3.63) is 53.2 Å². The largest absolute Gasteiger partial charge is 0.329 e. The van der Waals surface area contributed by atoms with Gasteiger partial charge in [-0.25, -0.2) is 9.67 Å². The maximum Gasteiger partial charge on any atom is 0.255 e. The smallest absolute Gasteiger partial charge is 0.255 e. The number of aromatic nitrogens is 4. The normalized spacial score (nSPS) is 16.9. The van der Waals surface area contributed by atoms with Crippen molar-refractivity contribution in [2.45, 2.75) is 38.8 Å². The van der Waals surface area contributed by atoms with Crippen molar-refractivity contribution in [2.75, 3.05) is 6.54 Å². The number of carbonyl (C=O) groups excluding carboxylic acids is 1. The van der Waals surface area contributed by atoms with Crippen molar-refractivity contribution in [2.24, 2.45) is 0 Å². The Hall–Kier alpha value is -2.76. The second-order valence-corrected chi connectivity index (χ2v) is 7.02. The topological polar surface area (TPSA) is 63.9 Å². The number of amides is 1. The van der Waals surface area contributed by atoms with E-state index < -0.39 is 0 Å². The molecule has 1 aromatic carbocycles. The van der Waals surface area contributed by atoms with E-state index in [-0.39, 0.29) is 5.91 Å². The second-order valence-electron chi connectivity index (χ2n) is 7.02. The number of nitrogens with zero attached hydrogens (tertiary/aromatic N) is 5. The van der Waals surface area contributed by atoms with Crippen molar-refractivity contribution in [3.8, 4) is 0 Å². The summed E-state index contributed by atoms with van der Waals surface area (Å²) < 4.78 is 1.87. The van der Waals surface area contributed by atoms with Crippen LogP contribution in [-0.2, 0) is 13.1 Å². The van der Waals surface area contributed by atoms with Gasteiger partial charge in [0.25, 0.3) is 5.91 Å². The summed E-state index contributed by atoms with van der Waals surface area (Å²) in [7, 11) is 0. The Kier molecular flexibility index (Phi) is 3.13. The summed E-state index contributed by atoms with van der Waals surface area (Å²) in [5, 5.41) is 5.13. The molecule has 2 aromatic heterocycles. The molecule has 0 saturated heterocycles. The van der Waals surface area contributed by atoms with Gasteiger partial charge in [0.2, 0.25) is 0 Å². The molecule has 3 heterocycles. The molecule has 1 saturated carbocycles. The van der Waals surface area contributed by atoms with Crippen LogP contribution in [0.4, 0.5) is 0 Å². The first-order chi connectivity index (χ1) is 12.2. The van der Waals surface area contributed by atoms with Crippen molar-refractivity contribution in [1.82, 2.24) is 24.6 Å². The maximum absolute atomic E-state index is 13.3. The molecule has 3 aromatic rings. The minimum atomic E-state index is 0.0640. The van der Waals surface area contributed by atoms with Gasteiger partial charge in [0.05, 0.1) is 24.2 Å². The Bertz CT molecular complexity index is 989. The van der Waals surface area contributed by atoms with Crippen LogP contribution in [-0.4, -0.2) is 37.1 Å². The van der Waals surface area contributed by atoms with Crippen LogP contribution in [0, 0.1) is 6.92 Å². The first-order valence-corrected chi connectivity index (χ1v) is 8.76. The van der Waals surface area contributed by atoms with Crippen LogP contribution < -0.4 is 0 Å². The zero-order valence-electron chi connectivity index (χ0n) is 14.1. The standard InChI is InChI=1S/C19H19N5O/c1-12-2-5-16-14(8-12)15(9-17(22-16)13-3-4-13)19(25)23-6-7-24-18(10-23)20-11-21-24/h2,5,8-9,11,13H,3-4,6-7,10H2,1H3. The van der Waals surface area contributed by atoms with Crippen LogP contribution >= 0.6 is 0 Å². The van der Waals surface area contributed by atoms with E-state index in [2.05, 4.69) is 22.2 Å². The van der Waals surface area contributed by atoms with Crippen molar-refractivity contribution >= 4 is 16.8 Å². The lowest BCUT2D eigenvalue weighted by atomic mass is 10.0. The Morgan fingerprint density at radius 1 is 1.20 bits per heavy atom. The fourth-order valence-corrected chi connectivity index (χ4v) is 3.53. The monoisotopic (exact) mass is 333 g/mol. The van der Waals surface area contributed by atoms with Crippen LogP contribution in [0.15, 0.2) is 30.6 Å². The van der Waals surface area contributed by atoms with E-state index in [1.54, 1.807) is 6.33 Å². The second kappa shape index (κ2) is 5.37. The molecule has 0 radical (unpaired) electrons. The fourth-order valence-electron chi connectivity index (χ4n) is 3.53. The van der Waals surface area contributed by atoms with Crippen LogP contribution in [0.3, 0.4) is 0 Å². The van der Waals surface area contributed by atoms with Crippen LogP contribution in [0.1, 0.15) is 46.2 Å². The molecule has 0 bridgehead atoms. The number of pyridine rings is 1. The van der Waals surface area contributed by atoms with Gasteiger partial charge in [-0.05, 0) is 38.0 Å². The van der Waals surface area contributed by atoms with E-state index in [0.717, 1.165) is 33.5 Å². The lowest BCUT2D eigenvalue weighted by Crippen LogP contribution is -2.38. The van der Waals surface area contributed by atoms with E-state index >= 15 is 0 Å². The summed E-state index contributed by atoms with van der Waals surface area (Å²) in [5.41, 5.74) is 3.88. The predicted octanol–water partition coefficient (Wildman–Crippen LogP) is 2.67. The molecular formula is C19H19N5O. The molecule has 1 aliphatic heterocycles. The van der Waals surface area contributed by atoms with E-state index in [0.29, 0.717) is 25.6 Å². The Labute approximate surface area is 145 Å². The first-order valence-electron chi connectivity index (χ1n) is 8.76. The van der Waals surface area contributed by atoms with Crippen LogP contribution in [0.2, 0.25) is 0 Å². The third-order valence-electron chi connectivity index (χ3n) is 5.11. The maximum atomic E-state index is 13.3. The van der Waals surface area contributed by atoms with Gasteiger partial charge in [-0.1, -0.05) is 11.6 Å². The first kappa shape index (κ1) is 14.6. The molecule has 0 atom stereocenters. The quantitative estimate of drug-likeness (QED) is 0.723. The average Bonchev–Trinajstić information content (AvgIpc) is 3.37. The summed E-state index contributed by atoms with van der Waals surface area (Å²) in [6, 6.07) is 8.17. The van der Waals surface area contributed by atoms with Crippen LogP contribution in [0.25, 0.3) is 10.9 Å². The number of hydrogen-bond acceptors (Lipinski definition) is 4. The Morgan fingerprint density at radius 2 is 2.08 bits per heavy atom. The summed E-state index contributed by atoms with van der Waals surface area (Å²) >= 11 is 0. The Morgan fingerprint density at radius 3 is 2.92 bits per heavy atom. The SMILES string of the molecule is Cc1ccc2nc(C3CC3)cc(C(=O)N3CCn4ncnc4C3)c2c1. The molecule has 6 heteroatoms. The average molecular weight is 333 g/mol. The van der Waals surface area contributed by atoms with Gasteiger partial charge in [-0.15, -0.1) is 0 Å². The zero-order valence-corrected chi connectivity index (χ0v) is 14.1. The van der Waals surface area contributed by atoms with Crippen LogP contribution in [0.5, 0.6) is 0 Å². The lowest BCUT2D eigenvalue weighted by Gasteiger charge is -2.27. The van der Waals surface area contributed by atoms with E-state index in [1.807, 2.05) is 28.6 Å². The van der Waals surface area contributed by atoms with Gasteiger partial charge in [-0.2, -0.15) is 5.10 Å². The highest BCUT2D eigenvalue weighted by molar-refractivity contribution is 6.06. The number of hydrogen-bond donors (Lipinski definition) is 0. The molecule has 2 aliphatic rings. The molecule has 0 unspecified atom stereocenters. The molecule has 5 rings (SSSR count). The summed E-state index contributed by atoms with van der Waals surface area (Å²) in [6.07, 6.45) is 3.90. The lowest BCUT2D eigenvalue weighted by molar-refractivity contribution is 0.0704. The summed E-state index contributed by atoms with van der Waals surface area (Å²) in [5.74, 6) is 1.42.